The molecule has 0 aromatic heterocycles. The van der Waals surface area contributed by atoms with Gasteiger partial charge in [0, 0.05) is 36.5 Å². The minimum atomic E-state index is -0.352. The monoisotopic (exact) mass is 332 g/mol. The van der Waals surface area contributed by atoms with Crippen LogP contribution in [0, 0.1) is 5.41 Å². The molecule has 0 saturated carbocycles. The van der Waals surface area contributed by atoms with Crippen LogP contribution in [0.1, 0.15) is 26.3 Å². The van der Waals surface area contributed by atoms with Gasteiger partial charge in [-0.2, -0.15) is 0 Å². The highest BCUT2D eigenvalue weighted by molar-refractivity contribution is 8.01. The highest BCUT2D eigenvalue weighted by atomic mass is 32.2. The lowest BCUT2D eigenvalue weighted by molar-refractivity contribution is -0.144. The van der Waals surface area contributed by atoms with Crippen LogP contribution in [0.2, 0.25) is 0 Å². The molecular weight excluding hydrogens is 308 g/mol. The molecule has 124 valence electrons. The summed E-state index contributed by atoms with van der Waals surface area (Å²) in [7, 11) is 0. The first-order valence-corrected chi connectivity index (χ1v) is 9.07. The number of hydrogen-bond donors (Lipinski definition) is 0. The Balaban J connectivity index is 1.57. The van der Waals surface area contributed by atoms with Crippen molar-refractivity contribution in [2.45, 2.75) is 37.3 Å². The summed E-state index contributed by atoms with van der Waals surface area (Å²) in [4.78, 5) is 30.1. The lowest BCUT2D eigenvalue weighted by Gasteiger charge is -2.38. The number of carbonyl (C=O) groups excluding carboxylic acids is 2. The van der Waals surface area contributed by atoms with E-state index in [1.54, 1.807) is 11.8 Å². The molecule has 1 saturated heterocycles. The van der Waals surface area contributed by atoms with Gasteiger partial charge < -0.3 is 9.80 Å². The second-order valence-corrected chi connectivity index (χ2v) is 8.53. The van der Waals surface area contributed by atoms with E-state index in [1.165, 1.54) is 10.5 Å². The Hall–Kier alpha value is -1.49. The van der Waals surface area contributed by atoms with Crippen molar-refractivity contribution in [3.05, 3.63) is 29.8 Å². The van der Waals surface area contributed by atoms with Gasteiger partial charge in [-0.3, -0.25) is 9.59 Å². The number of fused-ring (bicyclic) bond motifs is 1. The molecule has 2 heterocycles. The van der Waals surface area contributed by atoms with Crippen molar-refractivity contribution in [2.24, 2.45) is 5.41 Å². The van der Waals surface area contributed by atoms with E-state index < -0.39 is 0 Å². The molecule has 2 aliphatic heterocycles. The quantitative estimate of drug-likeness (QED) is 0.793. The van der Waals surface area contributed by atoms with Gasteiger partial charge >= 0.3 is 0 Å². The van der Waals surface area contributed by atoms with Crippen LogP contribution < -0.4 is 0 Å². The van der Waals surface area contributed by atoms with Gasteiger partial charge in [0.05, 0.1) is 5.25 Å². The number of hydrogen-bond acceptors (Lipinski definition) is 3. The second-order valence-electron chi connectivity index (χ2n) is 7.29. The molecule has 1 aromatic rings. The Bertz CT molecular complexity index is 591. The molecule has 5 heteroatoms. The van der Waals surface area contributed by atoms with Gasteiger partial charge in [0.25, 0.3) is 0 Å². The van der Waals surface area contributed by atoms with E-state index in [4.69, 9.17) is 0 Å². The van der Waals surface area contributed by atoms with Crippen LogP contribution in [0.3, 0.4) is 0 Å². The van der Waals surface area contributed by atoms with E-state index in [0.29, 0.717) is 26.2 Å². The third-order valence-electron chi connectivity index (χ3n) is 4.44. The molecule has 1 atom stereocenters. The van der Waals surface area contributed by atoms with E-state index in [2.05, 4.69) is 12.1 Å². The van der Waals surface area contributed by atoms with Crippen LogP contribution >= 0.6 is 11.8 Å². The predicted molar refractivity (Wildman–Crippen MR) is 92.4 cm³/mol. The first-order valence-electron chi connectivity index (χ1n) is 8.19. The zero-order valence-electron chi connectivity index (χ0n) is 14.0. The van der Waals surface area contributed by atoms with Gasteiger partial charge in [-0.1, -0.05) is 39.0 Å². The fraction of sp³-hybridized carbons (Fsp3) is 0.556. The zero-order chi connectivity index (χ0) is 16.6. The van der Waals surface area contributed by atoms with Gasteiger partial charge in [-0.05, 0) is 18.1 Å². The van der Waals surface area contributed by atoms with Crippen molar-refractivity contribution in [2.75, 3.05) is 26.2 Å². The van der Waals surface area contributed by atoms with Crippen molar-refractivity contribution in [3.63, 3.8) is 0 Å². The summed E-state index contributed by atoms with van der Waals surface area (Å²) in [5.74, 6) is 0.390. The predicted octanol–water partition coefficient (Wildman–Crippen LogP) is 2.42. The van der Waals surface area contributed by atoms with Crippen molar-refractivity contribution in [1.29, 1.82) is 0 Å². The molecule has 2 aliphatic rings. The lowest BCUT2D eigenvalue weighted by Crippen LogP contribution is -2.54. The zero-order valence-corrected chi connectivity index (χ0v) is 14.9. The molecule has 4 nitrogen and oxygen atoms in total. The fourth-order valence-corrected chi connectivity index (χ4v) is 4.41. The first kappa shape index (κ1) is 16.4. The largest absolute Gasteiger partial charge is 0.339 e. The molecule has 0 radical (unpaired) electrons. The number of thioether (sulfide) groups is 1. The maximum absolute atomic E-state index is 12.7. The number of rotatable bonds is 1. The minimum absolute atomic E-state index is 0.00253. The average molecular weight is 332 g/mol. The van der Waals surface area contributed by atoms with Gasteiger partial charge in [0.1, 0.15) is 0 Å². The van der Waals surface area contributed by atoms with Crippen LogP contribution in [0.15, 0.2) is 29.2 Å². The maximum Gasteiger partial charge on any atom is 0.236 e. The minimum Gasteiger partial charge on any atom is -0.339 e. The summed E-state index contributed by atoms with van der Waals surface area (Å²) in [5.41, 5.74) is 0.923. The Kier molecular flexibility index (Phi) is 4.41. The molecule has 1 fully saturated rings. The summed E-state index contributed by atoms with van der Waals surface area (Å²) in [6, 6.07) is 8.25. The molecule has 0 aliphatic carbocycles. The second kappa shape index (κ2) is 6.19. The number of piperazine rings is 1. The van der Waals surface area contributed by atoms with Crippen LogP contribution in [-0.4, -0.2) is 53.0 Å². The van der Waals surface area contributed by atoms with Gasteiger partial charge in [-0.25, -0.2) is 0 Å². The average Bonchev–Trinajstić information content (AvgIpc) is 2.96. The maximum atomic E-state index is 12.7. The number of amides is 2. The normalized spacial score (nSPS) is 21.3. The van der Waals surface area contributed by atoms with E-state index in [0.717, 1.165) is 6.42 Å². The molecule has 0 spiro atoms. The van der Waals surface area contributed by atoms with Crippen LogP contribution in [0.4, 0.5) is 0 Å². The fourth-order valence-electron chi connectivity index (χ4n) is 3.13. The smallest absolute Gasteiger partial charge is 0.236 e. The number of carbonyl (C=O) groups is 2. The Morgan fingerprint density at radius 2 is 1.65 bits per heavy atom. The highest BCUT2D eigenvalue weighted by Crippen LogP contribution is 2.37. The van der Waals surface area contributed by atoms with E-state index in [1.807, 2.05) is 42.7 Å². The first-order chi connectivity index (χ1) is 10.9. The molecule has 1 aromatic carbocycles. The summed E-state index contributed by atoms with van der Waals surface area (Å²) < 4.78 is 0. The van der Waals surface area contributed by atoms with E-state index in [9.17, 15) is 9.59 Å². The van der Waals surface area contributed by atoms with Crippen LogP contribution in [0.25, 0.3) is 0 Å². The topological polar surface area (TPSA) is 40.6 Å². The lowest BCUT2D eigenvalue weighted by atomic mass is 9.94. The van der Waals surface area contributed by atoms with Crippen molar-refractivity contribution >= 4 is 23.6 Å². The number of nitrogens with zero attached hydrogens (tertiary/aromatic N) is 2. The molecule has 0 bridgehead atoms. The van der Waals surface area contributed by atoms with Crippen molar-refractivity contribution < 1.29 is 9.59 Å². The SMILES string of the molecule is CC(C)(C)C(=O)N1CCN(C(=O)C2Cc3ccccc3S2)CC1. The van der Waals surface area contributed by atoms with Gasteiger partial charge in [-0.15, -0.1) is 11.8 Å². The Morgan fingerprint density at radius 3 is 2.26 bits per heavy atom. The molecule has 23 heavy (non-hydrogen) atoms. The third-order valence-corrected chi connectivity index (χ3v) is 5.75. The molecule has 1 unspecified atom stereocenters. The van der Waals surface area contributed by atoms with Crippen LogP contribution in [0.5, 0.6) is 0 Å². The highest BCUT2D eigenvalue weighted by Gasteiger charge is 2.35. The summed E-state index contributed by atoms with van der Waals surface area (Å²) in [5, 5.41) is -0.00253. The van der Waals surface area contributed by atoms with Gasteiger partial charge in [0.2, 0.25) is 11.8 Å². The van der Waals surface area contributed by atoms with E-state index >= 15 is 0 Å². The summed E-state index contributed by atoms with van der Waals surface area (Å²) >= 11 is 1.68. The summed E-state index contributed by atoms with van der Waals surface area (Å²) in [6.07, 6.45) is 0.820. The third kappa shape index (κ3) is 3.39. The van der Waals surface area contributed by atoms with Crippen LogP contribution in [-0.2, 0) is 16.0 Å². The summed E-state index contributed by atoms with van der Waals surface area (Å²) in [6.45, 7) is 8.41. The van der Waals surface area contributed by atoms with Crippen molar-refractivity contribution in [3.8, 4) is 0 Å². The number of benzene rings is 1. The molecule has 2 amide bonds. The molecular formula is C18H24N2O2S. The Labute approximate surface area is 142 Å². The van der Waals surface area contributed by atoms with Crippen molar-refractivity contribution in [1.82, 2.24) is 9.80 Å². The van der Waals surface area contributed by atoms with E-state index in [-0.39, 0.29) is 22.5 Å². The Morgan fingerprint density at radius 1 is 1.04 bits per heavy atom. The standard InChI is InChI=1S/C18H24N2O2S/c1-18(2,3)17(22)20-10-8-19(9-11-20)16(21)15-12-13-6-4-5-7-14(13)23-15/h4-7,15H,8-12H2,1-3H3. The molecule has 0 N–H and O–H groups in total. The molecule has 3 rings (SSSR count). The van der Waals surface area contributed by atoms with Gasteiger partial charge in [0.15, 0.2) is 0 Å².